The van der Waals surface area contributed by atoms with Crippen LogP contribution in [-0.2, 0) is 0 Å². The molecule has 0 spiro atoms. The zero-order chi connectivity index (χ0) is 16.6. The number of hydrogen-bond acceptors (Lipinski definition) is 2. The Morgan fingerprint density at radius 1 is 0.455 bits per heavy atom. The quantitative estimate of drug-likeness (QED) is 0.411. The second-order valence-electron chi connectivity index (χ2n) is 3.83. The smallest absolute Gasteiger partial charge is 0.189 e. The molecule has 0 bridgehead atoms. The summed E-state index contributed by atoms with van der Waals surface area (Å²) in [6, 6.07) is -0.264. The molecule has 0 amide bonds. The van der Waals surface area contributed by atoms with Crippen molar-refractivity contribution in [3.63, 3.8) is 0 Å². The fourth-order valence-corrected chi connectivity index (χ4v) is 1.40. The molecule has 0 aromatic heterocycles. The Hall–Kier alpha value is -2.52. The lowest BCUT2D eigenvalue weighted by molar-refractivity contribution is 0.452. The zero-order valence-corrected chi connectivity index (χ0v) is 10.1. The van der Waals surface area contributed by atoms with Gasteiger partial charge < -0.3 is 0 Å². The molecule has 0 aliphatic heterocycles. The third-order valence-corrected chi connectivity index (χ3v) is 2.43. The molecule has 0 N–H and O–H groups in total. The number of rotatable bonds is 2. The van der Waals surface area contributed by atoms with Gasteiger partial charge in [-0.05, 0) is 0 Å². The second kappa shape index (κ2) is 5.70. The van der Waals surface area contributed by atoms with E-state index in [9.17, 15) is 35.1 Å². The van der Waals surface area contributed by atoms with Gasteiger partial charge >= 0.3 is 0 Å². The average molecular weight is 326 g/mol. The molecule has 0 unspecified atom stereocenters. The number of halogens is 8. The van der Waals surface area contributed by atoms with Crippen molar-refractivity contribution < 1.29 is 35.1 Å². The molecular weight excluding hydrogens is 324 g/mol. The summed E-state index contributed by atoms with van der Waals surface area (Å²) in [6.45, 7) is 0. The summed E-state index contributed by atoms with van der Waals surface area (Å²) in [5.74, 6) is -15.4. The molecule has 0 fully saturated rings. The molecule has 0 radical (unpaired) electrons. The molecule has 0 heterocycles. The van der Waals surface area contributed by atoms with Gasteiger partial charge in [-0.25, -0.2) is 35.1 Å². The van der Waals surface area contributed by atoms with E-state index < -0.39 is 57.9 Å². The van der Waals surface area contributed by atoms with Gasteiger partial charge in [-0.2, -0.15) is 0 Å². The van der Waals surface area contributed by atoms with Gasteiger partial charge in [0.05, 0.1) is 0 Å². The molecule has 116 valence electrons. The molecule has 2 nitrogen and oxygen atoms in total. The van der Waals surface area contributed by atoms with E-state index in [0.717, 1.165) is 0 Å². The zero-order valence-electron chi connectivity index (χ0n) is 10.1. The predicted molar refractivity (Wildman–Crippen MR) is 56.7 cm³/mol. The summed E-state index contributed by atoms with van der Waals surface area (Å²) in [5.41, 5.74) is -3.30. The van der Waals surface area contributed by atoms with Crippen LogP contribution in [0.25, 0.3) is 0 Å². The van der Waals surface area contributed by atoms with Gasteiger partial charge in [0.15, 0.2) is 57.9 Å². The van der Waals surface area contributed by atoms with Crippen LogP contribution in [0.5, 0.6) is 0 Å². The number of nitrogens with zero attached hydrogens (tertiary/aromatic N) is 2. The van der Waals surface area contributed by atoms with Crippen molar-refractivity contribution in [2.75, 3.05) is 0 Å². The van der Waals surface area contributed by atoms with E-state index in [2.05, 4.69) is 10.2 Å². The largest absolute Gasteiger partial charge is 0.204 e. The van der Waals surface area contributed by atoms with Gasteiger partial charge in [-0.15, -0.1) is 10.2 Å². The molecule has 2 aromatic carbocycles. The van der Waals surface area contributed by atoms with Gasteiger partial charge in [-0.3, -0.25) is 0 Å². The molecule has 0 saturated carbocycles. The fourth-order valence-electron chi connectivity index (χ4n) is 1.40. The Balaban J connectivity index is 2.60. The maximum absolute atomic E-state index is 13.2. The Morgan fingerprint density at radius 3 is 0.909 bits per heavy atom. The van der Waals surface area contributed by atoms with E-state index >= 15 is 0 Å². The lowest BCUT2D eigenvalue weighted by Gasteiger charge is -2.03. The average Bonchev–Trinajstić information content (AvgIpc) is 2.46. The van der Waals surface area contributed by atoms with E-state index in [-0.39, 0.29) is 12.1 Å². The summed E-state index contributed by atoms with van der Waals surface area (Å²) < 4.78 is 104. The first-order valence-corrected chi connectivity index (χ1v) is 5.31. The lowest BCUT2D eigenvalue weighted by atomic mass is 10.2. The van der Waals surface area contributed by atoms with Gasteiger partial charge in [0, 0.05) is 12.1 Å². The van der Waals surface area contributed by atoms with E-state index in [1.807, 2.05) is 0 Å². The summed E-state index contributed by atoms with van der Waals surface area (Å²) in [4.78, 5) is 0. The molecule has 0 aliphatic carbocycles. The van der Waals surface area contributed by atoms with E-state index in [1.165, 1.54) is 0 Å². The molecule has 10 heteroatoms. The number of azo groups is 1. The minimum absolute atomic E-state index is 0.132. The summed E-state index contributed by atoms with van der Waals surface area (Å²) in [7, 11) is 0. The Morgan fingerprint density at radius 2 is 0.682 bits per heavy atom. The first kappa shape index (κ1) is 15.9. The van der Waals surface area contributed by atoms with Crippen LogP contribution in [0, 0.1) is 46.5 Å². The predicted octanol–water partition coefficient (Wildman–Crippen LogP) is 5.21. The third-order valence-electron chi connectivity index (χ3n) is 2.43. The third kappa shape index (κ3) is 2.63. The maximum Gasteiger partial charge on any atom is 0.189 e. The normalized spacial score (nSPS) is 11.5. The highest BCUT2D eigenvalue weighted by molar-refractivity contribution is 5.44. The van der Waals surface area contributed by atoms with Gasteiger partial charge in [0.2, 0.25) is 0 Å². The van der Waals surface area contributed by atoms with Crippen molar-refractivity contribution in [2.24, 2.45) is 10.2 Å². The van der Waals surface area contributed by atoms with Crippen LogP contribution in [0.15, 0.2) is 22.4 Å². The van der Waals surface area contributed by atoms with Crippen molar-refractivity contribution in [3.8, 4) is 0 Å². The van der Waals surface area contributed by atoms with Crippen LogP contribution in [0.1, 0.15) is 0 Å². The van der Waals surface area contributed by atoms with E-state index in [0.29, 0.717) is 0 Å². The Labute approximate surface area is 116 Å². The Bertz CT molecular complexity index is 670. The minimum Gasteiger partial charge on any atom is -0.204 e. The monoisotopic (exact) mass is 326 g/mol. The van der Waals surface area contributed by atoms with E-state index in [1.54, 1.807) is 0 Å². The first-order chi connectivity index (χ1) is 10.2. The first-order valence-electron chi connectivity index (χ1n) is 5.31. The second-order valence-corrected chi connectivity index (χ2v) is 3.83. The highest BCUT2D eigenvalue weighted by Crippen LogP contribution is 2.31. The number of benzene rings is 2. The standard InChI is InChI=1S/C12H2F8N2/c13-3-1-4(14)8(18)11(7(3)17)21-22-12-9(19)5(15)2-6(16)10(12)20/h1-2H. The topological polar surface area (TPSA) is 24.7 Å². The summed E-state index contributed by atoms with van der Waals surface area (Å²) in [6.07, 6.45) is 0. The van der Waals surface area contributed by atoms with Crippen LogP contribution in [0.4, 0.5) is 46.5 Å². The summed E-state index contributed by atoms with van der Waals surface area (Å²) in [5, 5.41) is 5.17. The van der Waals surface area contributed by atoms with Gasteiger partial charge in [0.1, 0.15) is 0 Å². The van der Waals surface area contributed by atoms with Crippen LogP contribution in [0.2, 0.25) is 0 Å². The highest BCUT2D eigenvalue weighted by atomic mass is 19.2. The molecular formula is C12H2F8N2. The highest BCUT2D eigenvalue weighted by Gasteiger charge is 2.22. The van der Waals surface area contributed by atoms with Gasteiger partial charge in [-0.1, -0.05) is 0 Å². The number of hydrogen-bond donors (Lipinski definition) is 0. The SMILES string of the molecule is Fc1cc(F)c(F)c(N=Nc2c(F)c(F)cc(F)c2F)c1F. The van der Waals surface area contributed by atoms with Crippen molar-refractivity contribution in [3.05, 3.63) is 58.7 Å². The minimum atomic E-state index is -2.00. The summed E-state index contributed by atoms with van der Waals surface area (Å²) >= 11 is 0. The fraction of sp³-hybridized carbons (Fsp3) is 0. The molecule has 0 aliphatic rings. The van der Waals surface area contributed by atoms with Crippen molar-refractivity contribution >= 4 is 11.4 Å². The molecule has 22 heavy (non-hydrogen) atoms. The van der Waals surface area contributed by atoms with Crippen LogP contribution >= 0.6 is 0 Å². The lowest BCUT2D eigenvalue weighted by Crippen LogP contribution is -1.95. The van der Waals surface area contributed by atoms with Crippen molar-refractivity contribution in [1.29, 1.82) is 0 Å². The van der Waals surface area contributed by atoms with E-state index in [4.69, 9.17) is 0 Å². The van der Waals surface area contributed by atoms with Crippen LogP contribution in [-0.4, -0.2) is 0 Å². The van der Waals surface area contributed by atoms with Crippen molar-refractivity contribution in [1.82, 2.24) is 0 Å². The maximum atomic E-state index is 13.2. The van der Waals surface area contributed by atoms with Crippen molar-refractivity contribution in [2.45, 2.75) is 0 Å². The molecule has 2 rings (SSSR count). The molecule has 2 aromatic rings. The van der Waals surface area contributed by atoms with Crippen LogP contribution < -0.4 is 0 Å². The van der Waals surface area contributed by atoms with Crippen LogP contribution in [0.3, 0.4) is 0 Å². The van der Waals surface area contributed by atoms with Gasteiger partial charge in [0.25, 0.3) is 0 Å². The molecule has 0 saturated heterocycles. The molecule has 0 atom stereocenters. The Kier molecular flexibility index (Phi) is 4.11.